The number of nitrogens with zero attached hydrogens (tertiary/aromatic N) is 2. The number of amides is 1. The Morgan fingerprint density at radius 2 is 1.73 bits per heavy atom. The molecule has 1 heterocycles. The predicted octanol–water partition coefficient (Wildman–Crippen LogP) is 5.05. The first kappa shape index (κ1) is 28.7. The highest BCUT2D eigenvalue weighted by Crippen LogP contribution is 2.42. The molecule has 210 valence electrons. The molecule has 8 nitrogen and oxygen atoms in total. The number of rotatable bonds is 11. The van der Waals surface area contributed by atoms with E-state index < -0.39 is 17.7 Å². The summed E-state index contributed by atoms with van der Waals surface area (Å²) in [5.41, 5.74) is 2.78. The van der Waals surface area contributed by atoms with Crippen molar-refractivity contribution in [2.45, 2.75) is 32.9 Å². The minimum absolute atomic E-state index is 0.000320. The highest BCUT2D eigenvalue weighted by Gasteiger charge is 2.46. The van der Waals surface area contributed by atoms with Crippen LogP contribution in [-0.4, -0.2) is 65.5 Å². The van der Waals surface area contributed by atoms with Crippen molar-refractivity contribution in [3.8, 4) is 17.2 Å². The van der Waals surface area contributed by atoms with Gasteiger partial charge in [0.2, 0.25) is 0 Å². The van der Waals surface area contributed by atoms with Gasteiger partial charge in [-0.1, -0.05) is 36.4 Å². The van der Waals surface area contributed by atoms with Crippen molar-refractivity contribution in [3.63, 3.8) is 0 Å². The molecule has 0 aliphatic carbocycles. The van der Waals surface area contributed by atoms with Crippen LogP contribution in [0.15, 0.2) is 72.3 Å². The van der Waals surface area contributed by atoms with Gasteiger partial charge in [-0.2, -0.15) is 0 Å². The molecule has 1 aliphatic rings. The van der Waals surface area contributed by atoms with E-state index in [1.807, 2.05) is 56.3 Å². The van der Waals surface area contributed by atoms with Crippen LogP contribution in [0.4, 0.5) is 0 Å². The number of benzene rings is 3. The number of aromatic hydroxyl groups is 1. The highest BCUT2D eigenvalue weighted by molar-refractivity contribution is 6.46. The molecular weight excluding hydrogens is 508 g/mol. The SMILES string of the molecule is CCOc1cc([C@@H]2/C(=C(\O)c3ccc(OCc4ccccc4)c(C)c3)C(=O)C(=O)N2CCCN(C)C)ccc1O. The smallest absolute Gasteiger partial charge is 0.295 e. The summed E-state index contributed by atoms with van der Waals surface area (Å²) in [6.45, 7) is 5.43. The number of ketones is 1. The minimum Gasteiger partial charge on any atom is -0.507 e. The molecule has 40 heavy (non-hydrogen) atoms. The van der Waals surface area contributed by atoms with Crippen LogP contribution >= 0.6 is 0 Å². The molecule has 0 unspecified atom stereocenters. The van der Waals surface area contributed by atoms with Gasteiger partial charge < -0.3 is 29.5 Å². The first-order valence-corrected chi connectivity index (χ1v) is 13.4. The fourth-order valence-electron chi connectivity index (χ4n) is 4.84. The van der Waals surface area contributed by atoms with Crippen molar-refractivity contribution in [2.75, 3.05) is 33.8 Å². The maximum absolute atomic E-state index is 13.4. The number of hydrogen-bond acceptors (Lipinski definition) is 7. The van der Waals surface area contributed by atoms with Gasteiger partial charge in [-0.05, 0) is 87.9 Å². The third kappa shape index (κ3) is 6.29. The first-order chi connectivity index (χ1) is 19.2. The lowest BCUT2D eigenvalue weighted by Gasteiger charge is -2.26. The van der Waals surface area contributed by atoms with E-state index in [4.69, 9.17) is 9.47 Å². The number of hydrogen-bond donors (Lipinski definition) is 2. The van der Waals surface area contributed by atoms with E-state index in [2.05, 4.69) is 0 Å². The van der Waals surface area contributed by atoms with Crippen molar-refractivity contribution in [3.05, 3.63) is 94.6 Å². The lowest BCUT2D eigenvalue weighted by Crippen LogP contribution is -2.32. The van der Waals surface area contributed by atoms with E-state index >= 15 is 0 Å². The molecule has 3 aromatic carbocycles. The van der Waals surface area contributed by atoms with Crippen LogP contribution < -0.4 is 9.47 Å². The molecular formula is C32H36N2O6. The maximum atomic E-state index is 13.4. The molecule has 1 saturated heterocycles. The summed E-state index contributed by atoms with van der Waals surface area (Å²) in [7, 11) is 3.88. The Bertz CT molecular complexity index is 1400. The third-order valence-corrected chi connectivity index (χ3v) is 6.83. The largest absolute Gasteiger partial charge is 0.507 e. The number of aliphatic hydroxyl groups is 1. The van der Waals surface area contributed by atoms with E-state index in [9.17, 15) is 19.8 Å². The third-order valence-electron chi connectivity index (χ3n) is 6.83. The standard InChI is InChI=1S/C32H36N2O6/c1-5-39-27-19-23(12-14-25(27)35)29-28(31(37)32(38)34(29)17-9-16-33(3)4)30(36)24-13-15-26(21(2)18-24)40-20-22-10-7-6-8-11-22/h6-8,10-15,18-19,29,35-36H,5,9,16-17,20H2,1-4H3/b30-28+/t29-/m1/s1. The number of ether oxygens (including phenoxy) is 2. The van der Waals surface area contributed by atoms with Gasteiger partial charge >= 0.3 is 0 Å². The highest BCUT2D eigenvalue weighted by atomic mass is 16.5. The lowest BCUT2D eigenvalue weighted by molar-refractivity contribution is -0.139. The number of carbonyl (C=O) groups is 2. The van der Waals surface area contributed by atoms with Crippen molar-refractivity contribution < 1.29 is 29.3 Å². The first-order valence-electron chi connectivity index (χ1n) is 13.4. The summed E-state index contributed by atoms with van der Waals surface area (Å²) in [4.78, 5) is 30.1. The van der Waals surface area contributed by atoms with Crippen LogP contribution in [0.3, 0.4) is 0 Å². The molecule has 0 radical (unpaired) electrons. The van der Waals surface area contributed by atoms with Crippen LogP contribution in [-0.2, 0) is 16.2 Å². The molecule has 3 aromatic rings. The second kappa shape index (κ2) is 12.7. The van der Waals surface area contributed by atoms with E-state index in [1.54, 1.807) is 37.3 Å². The predicted molar refractivity (Wildman–Crippen MR) is 153 cm³/mol. The average molecular weight is 545 g/mol. The monoisotopic (exact) mass is 544 g/mol. The Hall–Kier alpha value is -4.30. The fraction of sp³-hybridized carbons (Fsp3) is 0.312. The minimum atomic E-state index is -0.837. The molecule has 1 amide bonds. The number of carbonyl (C=O) groups excluding carboxylic acids is 2. The Labute approximate surface area is 235 Å². The van der Waals surface area contributed by atoms with Gasteiger partial charge in [0.05, 0.1) is 18.2 Å². The van der Waals surface area contributed by atoms with Gasteiger partial charge in [-0.3, -0.25) is 9.59 Å². The number of aliphatic hydroxyl groups excluding tert-OH is 1. The van der Waals surface area contributed by atoms with Crippen molar-refractivity contribution in [1.29, 1.82) is 0 Å². The molecule has 8 heteroatoms. The Morgan fingerprint density at radius 3 is 2.40 bits per heavy atom. The van der Waals surface area contributed by atoms with Crippen LogP contribution in [0, 0.1) is 6.92 Å². The van der Waals surface area contributed by atoms with E-state index in [-0.39, 0.29) is 22.8 Å². The summed E-state index contributed by atoms with van der Waals surface area (Å²) in [6.07, 6.45) is 0.638. The molecule has 0 saturated carbocycles. The van der Waals surface area contributed by atoms with E-state index in [0.29, 0.717) is 43.1 Å². The molecule has 0 bridgehead atoms. The lowest BCUT2D eigenvalue weighted by atomic mass is 9.94. The summed E-state index contributed by atoms with van der Waals surface area (Å²) < 4.78 is 11.5. The van der Waals surface area contributed by atoms with Crippen LogP contribution in [0.25, 0.3) is 5.76 Å². The topological polar surface area (TPSA) is 99.5 Å². The normalized spacial score (nSPS) is 16.5. The Kier molecular flexibility index (Phi) is 9.11. The van der Waals surface area contributed by atoms with Crippen LogP contribution in [0.5, 0.6) is 17.2 Å². The summed E-state index contributed by atoms with van der Waals surface area (Å²) in [6, 6.07) is 18.9. The van der Waals surface area contributed by atoms with Gasteiger partial charge in [-0.25, -0.2) is 0 Å². The summed E-state index contributed by atoms with van der Waals surface area (Å²) in [5, 5.41) is 21.7. The molecule has 0 aromatic heterocycles. The number of phenolic OH excluding ortho intramolecular Hbond substituents is 1. The summed E-state index contributed by atoms with van der Waals surface area (Å²) in [5.74, 6) is -0.828. The van der Waals surface area contributed by atoms with Crippen molar-refractivity contribution >= 4 is 17.4 Å². The molecule has 4 rings (SSSR count). The zero-order valence-electron chi connectivity index (χ0n) is 23.4. The van der Waals surface area contributed by atoms with Crippen LogP contribution in [0.1, 0.15) is 41.6 Å². The number of Topliss-reactive ketones (excluding diaryl/α,β-unsaturated/α-hetero) is 1. The van der Waals surface area contributed by atoms with Gasteiger partial charge in [0.15, 0.2) is 11.5 Å². The van der Waals surface area contributed by atoms with Gasteiger partial charge in [0, 0.05) is 12.1 Å². The second-order valence-corrected chi connectivity index (χ2v) is 10.1. The fourth-order valence-corrected chi connectivity index (χ4v) is 4.84. The number of phenols is 1. The Morgan fingerprint density at radius 1 is 0.975 bits per heavy atom. The van der Waals surface area contributed by atoms with Crippen LogP contribution in [0.2, 0.25) is 0 Å². The molecule has 2 N–H and O–H groups in total. The van der Waals surface area contributed by atoms with Gasteiger partial charge in [0.1, 0.15) is 18.1 Å². The van der Waals surface area contributed by atoms with Gasteiger partial charge in [-0.15, -0.1) is 0 Å². The van der Waals surface area contributed by atoms with E-state index in [1.165, 1.54) is 11.0 Å². The summed E-state index contributed by atoms with van der Waals surface area (Å²) >= 11 is 0. The number of aryl methyl sites for hydroxylation is 1. The quantitative estimate of drug-likeness (QED) is 0.198. The molecule has 0 spiro atoms. The molecule has 1 atom stereocenters. The Balaban J connectivity index is 1.72. The van der Waals surface area contributed by atoms with Crippen molar-refractivity contribution in [1.82, 2.24) is 9.80 Å². The average Bonchev–Trinajstić information content (AvgIpc) is 3.18. The molecule has 1 fully saturated rings. The van der Waals surface area contributed by atoms with Gasteiger partial charge in [0.25, 0.3) is 11.7 Å². The number of likely N-dealkylation sites (tertiary alicyclic amines) is 1. The second-order valence-electron chi connectivity index (χ2n) is 10.1. The van der Waals surface area contributed by atoms with Crippen molar-refractivity contribution in [2.24, 2.45) is 0 Å². The molecule has 1 aliphatic heterocycles. The zero-order chi connectivity index (χ0) is 28.8. The van der Waals surface area contributed by atoms with E-state index in [0.717, 1.165) is 17.7 Å². The zero-order valence-corrected chi connectivity index (χ0v) is 23.4. The maximum Gasteiger partial charge on any atom is 0.295 e.